The number of hydroxylamine groups is 1. The fourth-order valence-corrected chi connectivity index (χ4v) is 2.21. The van der Waals surface area contributed by atoms with Gasteiger partial charge in [-0.2, -0.15) is 13.2 Å². The second-order valence-corrected chi connectivity index (χ2v) is 4.85. The van der Waals surface area contributed by atoms with Crippen LogP contribution in [0.3, 0.4) is 0 Å². The predicted molar refractivity (Wildman–Crippen MR) is 71.7 cm³/mol. The topological polar surface area (TPSA) is 58.6 Å². The van der Waals surface area contributed by atoms with Crippen molar-refractivity contribution in [3.8, 4) is 0 Å². The van der Waals surface area contributed by atoms with Crippen LogP contribution in [0.5, 0.6) is 0 Å². The monoisotopic (exact) mass is 316 g/mol. The van der Waals surface area contributed by atoms with Gasteiger partial charge in [-0.3, -0.25) is 14.4 Å². The molecule has 5 nitrogen and oxygen atoms in total. The van der Waals surface area contributed by atoms with E-state index < -0.39 is 29.5 Å². The zero-order chi connectivity index (χ0) is 16.3. The van der Waals surface area contributed by atoms with Crippen molar-refractivity contribution in [1.82, 2.24) is 5.48 Å². The summed E-state index contributed by atoms with van der Waals surface area (Å²) < 4.78 is 38.1. The summed E-state index contributed by atoms with van der Waals surface area (Å²) in [4.78, 5) is 29.7. The first-order chi connectivity index (χ1) is 10.3. The number of amides is 2. The van der Waals surface area contributed by atoms with Crippen molar-refractivity contribution in [2.45, 2.75) is 19.5 Å². The molecule has 0 unspecified atom stereocenters. The first-order valence-corrected chi connectivity index (χ1v) is 6.72. The van der Waals surface area contributed by atoms with Gasteiger partial charge in [-0.05, 0) is 25.1 Å². The zero-order valence-electron chi connectivity index (χ0n) is 11.8. The largest absolute Gasteiger partial charge is 0.416 e. The summed E-state index contributed by atoms with van der Waals surface area (Å²) in [6.07, 6.45) is -4.54. The standard InChI is InChI=1S/C14H15F3N2O3/c1-2-22-18-13(21)9-6-12(20)19(8-9)11-5-3-4-10(7-11)14(15,16)17/h3-5,7,9H,2,6,8H2,1H3,(H,18,21)/t9-/m0/s1. The fraction of sp³-hybridized carbons (Fsp3) is 0.429. The van der Waals surface area contributed by atoms with Gasteiger partial charge in [0, 0.05) is 18.7 Å². The number of nitrogens with one attached hydrogen (secondary N) is 1. The summed E-state index contributed by atoms with van der Waals surface area (Å²) in [6.45, 7) is 2.00. The Hall–Kier alpha value is -2.09. The maximum absolute atomic E-state index is 12.7. The van der Waals surface area contributed by atoms with E-state index in [1.165, 1.54) is 17.0 Å². The van der Waals surface area contributed by atoms with Gasteiger partial charge in [0.1, 0.15) is 0 Å². The summed E-state index contributed by atoms with van der Waals surface area (Å²) in [5.74, 6) is -1.49. The van der Waals surface area contributed by atoms with Crippen molar-refractivity contribution in [3.05, 3.63) is 29.8 Å². The highest BCUT2D eigenvalue weighted by atomic mass is 19.4. The van der Waals surface area contributed by atoms with E-state index in [2.05, 4.69) is 5.48 Å². The van der Waals surface area contributed by atoms with E-state index in [0.717, 1.165) is 12.1 Å². The van der Waals surface area contributed by atoms with Gasteiger partial charge in [0.05, 0.1) is 18.1 Å². The van der Waals surface area contributed by atoms with E-state index in [1.54, 1.807) is 6.92 Å². The van der Waals surface area contributed by atoms with Gasteiger partial charge in [-0.15, -0.1) is 0 Å². The molecule has 1 fully saturated rings. The Kier molecular flexibility index (Phi) is 4.70. The number of nitrogens with zero attached hydrogens (tertiary/aromatic N) is 1. The van der Waals surface area contributed by atoms with Crippen molar-refractivity contribution in [2.75, 3.05) is 18.1 Å². The molecule has 1 aliphatic rings. The number of hydrogen-bond donors (Lipinski definition) is 1. The van der Waals surface area contributed by atoms with Crippen LogP contribution < -0.4 is 10.4 Å². The molecule has 0 aromatic heterocycles. The van der Waals surface area contributed by atoms with E-state index in [1.807, 2.05) is 0 Å². The van der Waals surface area contributed by atoms with E-state index >= 15 is 0 Å². The summed E-state index contributed by atoms with van der Waals surface area (Å²) in [7, 11) is 0. The molecule has 22 heavy (non-hydrogen) atoms. The van der Waals surface area contributed by atoms with Crippen LogP contribution in [-0.4, -0.2) is 25.0 Å². The Morgan fingerprint density at radius 1 is 1.45 bits per heavy atom. The highest BCUT2D eigenvalue weighted by Gasteiger charge is 2.37. The van der Waals surface area contributed by atoms with Crippen molar-refractivity contribution in [1.29, 1.82) is 0 Å². The van der Waals surface area contributed by atoms with Crippen molar-refractivity contribution < 1.29 is 27.6 Å². The zero-order valence-corrected chi connectivity index (χ0v) is 11.8. The van der Waals surface area contributed by atoms with Crippen LogP contribution in [0.25, 0.3) is 0 Å². The Morgan fingerprint density at radius 2 is 2.18 bits per heavy atom. The molecular weight excluding hydrogens is 301 g/mol. The summed E-state index contributed by atoms with van der Waals surface area (Å²) >= 11 is 0. The van der Waals surface area contributed by atoms with Crippen LogP contribution in [0, 0.1) is 5.92 Å². The highest BCUT2D eigenvalue weighted by Crippen LogP contribution is 2.33. The molecule has 0 aliphatic carbocycles. The molecule has 1 atom stereocenters. The van der Waals surface area contributed by atoms with Gasteiger partial charge < -0.3 is 4.90 Å². The van der Waals surface area contributed by atoms with Gasteiger partial charge in [-0.25, -0.2) is 5.48 Å². The van der Waals surface area contributed by atoms with E-state index in [-0.39, 0.29) is 25.3 Å². The molecule has 0 bridgehead atoms. The molecule has 8 heteroatoms. The molecule has 120 valence electrons. The molecule has 0 radical (unpaired) electrons. The minimum atomic E-state index is -4.48. The minimum absolute atomic E-state index is 0.0268. The molecule has 1 saturated heterocycles. The van der Waals surface area contributed by atoms with Crippen molar-refractivity contribution >= 4 is 17.5 Å². The Labute approximate surface area is 125 Å². The van der Waals surface area contributed by atoms with Gasteiger partial charge in [0.15, 0.2) is 0 Å². The first-order valence-electron chi connectivity index (χ1n) is 6.72. The average molecular weight is 316 g/mol. The Morgan fingerprint density at radius 3 is 2.82 bits per heavy atom. The molecule has 2 amide bonds. The number of carbonyl (C=O) groups is 2. The molecule has 1 N–H and O–H groups in total. The average Bonchev–Trinajstić information content (AvgIpc) is 2.86. The molecular formula is C14H15F3N2O3. The molecule has 1 aliphatic heterocycles. The smallest absolute Gasteiger partial charge is 0.312 e. The second-order valence-electron chi connectivity index (χ2n) is 4.85. The van der Waals surface area contributed by atoms with Crippen LogP contribution in [-0.2, 0) is 20.6 Å². The van der Waals surface area contributed by atoms with Gasteiger partial charge >= 0.3 is 6.18 Å². The van der Waals surface area contributed by atoms with Gasteiger partial charge in [0.25, 0.3) is 0 Å². The molecule has 2 rings (SSSR count). The maximum atomic E-state index is 12.7. The summed E-state index contributed by atoms with van der Waals surface area (Å²) in [6, 6.07) is 4.49. The number of anilines is 1. The first kappa shape index (κ1) is 16.3. The lowest BCUT2D eigenvalue weighted by Crippen LogP contribution is -2.33. The summed E-state index contributed by atoms with van der Waals surface area (Å²) in [5.41, 5.74) is 1.50. The number of hydrogen-bond acceptors (Lipinski definition) is 3. The third-order valence-corrected chi connectivity index (χ3v) is 3.30. The molecule has 1 aromatic rings. The lowest BCUT2D eigenvalue weighted by molar-refractivity contribution is -0.138. The van der Waals surface area contributed by atoms with E-state index in [4.69, 9.17) is 4.84 Å². The second kappa shape index (κ2) is 6.35. The van der Waals surface area contributed by atoms with Crippen LogP contribution in [0.4, 0.5) is 18.9 Å². The van der Waals surface area contributed by atoms with Crippen LogP contribution >= 0.6 is 0 Å². The number of alkyl halides is 3. The van der Waals surface area contributed by atoms with Crippen LogP contribution in [0.2, 0.25) is 0 Å². The number of carbonyl (C=O) groups excluding carboxylic acids is 2. The number of rotatable bonds is 4. The Bertz CT molecular complexity index is 575. The van der Waals surface area contributed by atoms with E-state index in [0.29, 0.717) is 0 Å². The quantitative estimate of drug-likeness (QED) is 0.866. The van der Waals surface area contributed by atoms with Crippen LogP contribution in [0.1, 0.15) is 18.9 Å². The minimum Gasteiger partial charge on any atom is -0.312 e. The predicted octanol–water partition coefficient (Wildman–Crippen LogP) is 2.13. The van der Waals surface area contributed by atoms with E-state index in [9.17, 15) is 22.8 Å². The lowest BCUT2D eigenvalue weighted by atomic mass is 10.1. The number of benzene rings is 1. The summed E-state index contributed by atoms with van der Waals surface area (Å²) in [5, 5.41) is 0. The van der Waals surface area contributed by atoms with Crippen molar-refractivity contribution in [2.24, 2.45) is 5.92 Å². The molecule has 0 saturated carbocycles. The normalized spacial score (nSPS) is 18.6. The maximum Gasteiger partial charge on any atom is 0.416 e. The van der Waals surface area contributed by atoms with Crippen LogP contribution in [0.15, 0.2) is 24.3 Å². The number of halogens is 3. The van der Waals surface area contributed by atoms with Gasteiger partial charge in [0.2, 0.25) is 11.8 Å². The third kappa shape index (κ3) is 3.56. The molecule has 0 spiro atoms. The third-order valence-electron chi connectivity index (χ3n) is 3.30. The Balaban J connectivity index is 2.13. The molecule has 1 aromatic carbocycles. The fourth-order valence-electron chi connectivity index (χ4n) is 2.21. The lowest BCUT2D eigenvalue weighted by Gasteiger charge is -2.18. The van der Waals surface area contributed by atoms with Gasteiger partial charge in [-0.1, -0.05) is 6.07 Å². The SMILES string of the molecule is CCONC(=O)[C@H]1CC(=O)N(c2cccc(C(F)(F)F)c2)C1. The molecule has 1 heterocycles. The highest BCUT2D eigenvalue weighted by molar-refractivity contribution is 6.00. The van der Waals surface area contributed by atoms with Crippen molar-refractivity contribution in [3.63, 3.8) is 0 Å².